The molecule has 0 aliphatic heterocycles. The third-order valence-corrected chi connectivity index (χ3v) is 6.97. The number of hydrogen-bond acceptors (Lipinski definition) is 6. The van der Waals surface area contributed by atoms with Gasteiger partial charge in [0.25, 0.3) is 10.0 Å². The summed E-state index contributed by atoms with van der Waals surface area (Å²) in [5, 5.41) is 16.1. The van der Waals surface area contributed by atoms with Crippen molar-refractivity contribution in [3.8, 4) is 5.88 Å². The van der Waals surface area contributed by atoms with E-state index in [2.05, 4.69) is 15.6 Å². The molecule has 1 aromatic carbocycles. The van der Waals surface area contributed by atoms with Gasteiger partial charge in [-0.25, -0.2) is 27.3 Å². The number of benzene rings is 1. The maximum atomic E-state index is 12.4. The summed E-state index contributed by atoms with van der Waals surface area (Å²) in [6, 6.07) is 8.22. The lowest BCUT2D eigenvalue weighted by Gasteiger charge is -2.13. The van der Waals surface area contributed by atoms with E-state index in [1.807, 2.05) is 4.72 Å². The molecule has 11 heteroatoms. The number of urea groups is 1. The number of pyridine rings is 1. The van der Waals surface area contributed by atoms with Crippen LogP contribution < -0.4 is 15.4 Å². The van der Waals surface area contributed by atoms with E-state index in [-0.39, 0.29) is 23.4 Å². The summed E-state index contributed by atoms with van der Waals surface area (Å²) in [6.45, 7) is 0.272. The summed E-state index contributed by atoms with van der Waals surface area (Å²) in [6.07, 6.45) is 7.24. The molecule has 3 aromatic rings. The fourth-order valence-electron chi connectivity index (χ4n) is 3.88. The second-order valence-electron chi connectivity index (χ2n) is 7.95. The minimum Gasteiger partial charge on any atom is -0.494 e. The zero-order chi connectivity index (χ0) is 23.4. The molecule has 0 spiro atoms. The quantitative estimate of drug-likeness (QED) is 0.435. The Hall–Kier alpha value is -3.60. The van der Waals surface area contributed by atoms with Gasteiger partial charge in [0.2, 0.25) is 5.88 Å². The van der Waals surface area contributed by atoms with Crippen LogP contribution in [0.25, 0.3) is 10.9 Å². The van der Waals surface area contributed by atoms with Crippen LogP contribution in [0.4, 0.5) is 9.59 Å². The Kier molecular flexibility index (Phi) is 6.50. The fourth-order valence-corrected chi connectivity index (χ4v) is 4.79. The van der Waals surface area contributed by atoms with E-state index in [0.717, 1.165) is 35.8 Å². The van der Waals surface area contributed by atoms with Gasteiger partial charge < -0.3 is 15.7 Å². The summed E-state index contributed by atoms with van der Waals surface area (Å²) in [4.78, 5) is 28.5. The number of aromatic nitrogens is 2. The molecule has 3 amide bonds. The highest BCUT2D eigenvalue weighted by molar-refractivity contribution is 7.90. The van der Waals surface area contributed by atoms with Crippen molar-refractivity contribution in [1.29, 1.82) is 0 Å². The van der Waals surface area contributed by atoms with E-state index < -0.39 is 22.1 Å². The Balaban J connectivity index is 1.30. The molecule has 1 fully saturated rings. The van der Waals surface area contributed by atoms with Crippen molar-refractivity contribution in [2.75, 3.05) is 6.54 Å². The first-order chi connectivity index (χ1) is 15.8. The van der Waals surface area contributed by atoms with Crippen molar-refractivity contribution in [3.05, 3.63) is 54.4 Å². The monoisotopic (exact) mass is 471 g/mol. The second kappa shape index (κ2) is 9.49. The molecule has 2 heterocycles. The van der Waals surface area contributed by atoms with Gasteiger partial charge in [0.15, 0.2) is 0 Å². The van der Waals surface area contributed by atoms with Crippen molar-refractivity contribution in [3.63, 3.8) is 0 Å². The summed E-state index contributed by atoms with van der Waals surface area (Å²) in [5.41, 5.74) is 1.31. The van der Waals surface area contributed by atoms with Crippen molar-refractivity contribution in [2.24, 2.45) is 0 Å². The van der Waals surface area contributed by atoms with Gasteiger partial charge in [-0.2, -0.15) is 0 Å². The first-order valence-corrected chi connectivity index (χ1v) is 12.2. The number of hydrogen-bond donors (Lipinski definition) is 4. The van der Waals surface area contributed by atoms with Gasteiger partial charge in [0.1, 0.15) is 0 Å². The number of carbonyl (C=O) groups excluding carboxylic acids is 2. The van der Waals surface area contributed by atoms with Gasteiger partial charge in [-0.05, 0) is 49.1 Å². The van der Waals surface area contributed by atoms with Crippen LogP contribution in [-0.4, -0.2) is 47.7 Å². The number of fused-ring (bicyclic) bond motifs is 1. The highest BCUT2D eigenvalue weighted by atomic mass is 32.2. The molecule has 174 valence electrons. The Bertz CT molecular complexity index is 1260. The highest BCUT2D eigenvalue weighted by Gasteiger charge is 2.22. The zero-order valence-corrected chi connectivity index (χ0v) is 18.6. The molecule has 1 aliphatic rings. The smallest absolute Gasteiger partial charge is 0.328 e. The molecule has 0 radical (unpaired) electrons. The third kappa shape index (κ3) is 5.25. The number of carbonyl (C=O) groups is 2. The second-order valence-corrected chi connectivity index (χ2v) is 9.63. The molecule has 2 aromatic heterocycles. The summed E-state index contributed by atoms with van der Waals surface area (Å²) in [5.74, 6) is -0.186. The molecule has 10 nitrogen and oxygen atoms in total. The SMILES string of the molecule is O=C(NC1CCCC1)NS(=O)(=O)c1ccc(CCNC(=O)n2cc3ncccc3c2O)cc1. The van der Waals surface area contributed by atoms with Crippen LogP contribution in [0.5, 0.6) is 5.88 Å². The van der Waals surface area contributed by atoms with Gasteiger partial charge in [0, 0.05) is 25.0 Å². The third-order valence-electron chi connectivity index (χ3n) is 5.62. The molecule has 0 unspecified atom stereocenters. The summed E-state index contributed by atoms with van der Waals surface area (Å²) in [7, 11) is -3.97. The van der Waals surface area contributed by atoms with Gasteiger partial charge in [-0.15, -0.1) is 0 Å². The Morgan fingerprint density at radius 2 is 1.85 bits per heavy atom. The topological polar surface area (TPSA) is 142 Å². The number of amides is 3. The average Bonchev–Trinajstić information content (AvgIpc) is 3.41. The Morgan fingerprint density at radius 1 is 1.12 bits per heavy atom. The van der Waals surface area contributed by atoms with Crippen LogP contribution in [0.1, 0.15) is 31.2 Å². The van der Waals surface area contributed by atoms with Crippen LogP contribution in [0.15, 0.2) is 53.7 Å². The van der Waals surface area contributed by atoms with Crippen LogP contribution in [0, 0.1) is 0 Å². The van der Waals surface area contributed by atoms with Crippen molar-refractivity contribution < 1.29 is 23.1 Å². The molecule has 4 rings (SSSR count). The fraction of sp³-hybridized carbons (Fsp3) is 0.318. The van der Waals surface area contributed by atoms with Gasteiger partial charge in [-0.3, -0.25) is 4.98 Å². The van der Waals surface area contributed by atoms with E-state index in [1.54, 1.807) is 30.5 Å². The summed E-state index contributed by atoms with van der Waals surface area (Å²) < 4.78 is 28.0. The molecule has 1 aliphatic carbocycles. The molecule has 0 saturated heterocycles. The lowest BCUT2D eigenvalue weighted by atomic mass is 10.1. The van der Waals surface area contributed by atoms with E-state index in [1.165, 1.54) is 18.3 Å². The van der Waals surface area contributed by atoms with Crippen LogP contribution >= 0.6 is 0 Å². The van der Waals surface area contributed by atoms with Crippen molar-refractivity contribution in [1.82, 2.24) is 24.9 Å². The highest BCUT2D eigenvalue weighted by Crippen LogP contribution is 2.24. The minimum atomic E-state index is -3.97. The molecular weight excluding hydrogens is 446 g/mol. The molecule has 0 atom stereocenters. The van der Waals surface area contributed by atoms with Crippen LogP contribution in [0.3, 0.4) is 0 Å². The number of nitrogens with one attached hydrogen (secondary N) is 3. The molecule has 1 saturated carbocycles. The average molecular weight is 472 g/mol. The normalized spacial score (nSPS) is 14.3. The van der Waals surface area contributed by atoms with E-state index in [9.17, 15) is 23.1 Å². The van der Waals surface area contributed by atoms with Crippen LogP contribution in [-0.2, 0) is 16.4 Å². The largest absolute Gasteiger partial charge is 0.494 e. The molecule has 4 N–H and O–H groups in total. The Labute approximate surface area is 191 Å². The standard InChI is InChI=1S/C22H25N5O5S/c28-20-18-6-3-12-23-19(18)14-27(20)22(30)24-13-11-15-7-9-17(10-8-15)33(31,32)26-21(29)25-16-4-1-2-5-16/h3,6-10,12,14,16,28H,1-2,4-5,11,13H2,(H,24,30)(H2,25,26,29). The van der Waals surface area contributed by atoms with Gasteiger partial charge in [0.05, 0.1) is 15.8 Å². The van der Waals surface area contributed by atoms with E-state index in [0.29, 0.717) is 17.3 Å². The van der Waals surface area contributed by atoms with Gasteiger partial charge >= 0.3 is 12.1 Å². The molecule has 33 heavy (non-hydrogen) atoms. The molecular formula is C22H25N5O5S. The number of sulfonamides is 1. The number of aromatic hydroxyl groups is 1. The minimum absolute atomic E-state index is 0.0147. The maximum absolute atomic E-state index is 12.4. The zero-order valence-electron chi connectivity index (χ0n) is 17.8. The lowest BCUT2D eigenvalue weighted by Crippen LogP contribution is -2.43. The first kappa shape index (κ1) is 22.6. The number of rotatable bonds is 6. The van der Waals surface area contributed by atoms with E-state index in [4.69, 9.17) is 0 Å². The van der Waals surface area contributed by atoms with Crippen molar-refractivity contribution >= 4 is 33.0 Å². The molecule has 0 bridgehead atoms. The van der Waals surface area contributed by atoms with Gasteiger partial charge in [-0.1, -0.05) is 25.0 Å². The van der Waals surface area contributed by atoms with Crippen molar-refractivity contribution in [2.45, 2.75) is 43.0 Å². The van der Waals surface area contributed by atoms with Crippen LogP contribution in [0.2, 0.25) is 0 Å². The predicted molar refractivity (Wildman–Crippen MR) is 121 cm³/mol. The Morgan fingerprint density at radius 3 is 2.55 bits per heavy atom. The lowest BCUT2D eigenvalue weighted by molar-refractivity contribution is 0.239. The summed E-state index contributed by atoms with van der Waals surface area (Å²) >= 11 is 0. The van der Waals surface area contributed by atoms with E-state index >= 15 is 0 Å². The predicted octanol–water partition coefficient (Wildman–Crippen LogP) is 2.47. The first-order valence-electron chi connectivity index (χ1n) is 10.7. The maximum Gasteiger partial charge on any atom is 0.328 e. The number of nitrogens with zero attached hydrogens (tertiary/aromatic N) is 2.